The number of nitriles is 1. The van der Waals surface area contributed by atoms with Crippen LogP contribution in [0.15, 0.2) is 138 Å². The van der Waals surface area contributed by atoms with Crippen molar-refractivity contribution < 1.29 is 30.6 Å². The first kappa shape index (κ1) is 54.3. The molecule has 78 heavy (non-hydrogen) atoms. The third kappa shape index (κ3) is 8.64. The Balaban J connectivity index is 0.00000688. The summed E-state index contributed by atoms with van der Waals surface area (Å²) in [6, 6.07) is 51.5. The number of aromatic nitrogens is 3. The standard InChI is InChI=1S/C71H71N4O2.Pt/c1-66(2,3)44-28-26-43(27-29-44)47-33-34-73-62-52-39-51(64-58(49-31-25-41(40-72)35-57(49)77-64)59(52)70(13,14)71(15,16)60(47)62)48-23-20-24-56-61(48)74-65(53-37-46(68(7,8)9)38-54(63(53)76)69(10,11)12)75(56)55-32-30-45(67(4,5)6)36-50(55)42-21-18-17-19-22-42;/h17-38,76H,1-16H3;/q-1;. The summed E-state index contributed by atoms with van der Waals surface area (Å²) in [5, 5.41) is 24.9. The van der Waals surface area contributed by atoms with Crippen LogP contribution in [0.1, 0.15) is 150 Å². The third-order valence-corrected chi connectivity index (χ3v) is 17.0. The zero-order chi connectivity index (χ0) is 55.1. The summed E-state index contributed by atoms with van der Waals surface area (Å²) in [4.78, 5) is 11.1. The van der Waals surface area contributed by atoms with Crippen LogP contribution in [0.4, 0.5) is 0 Å². The molecule has 1 N–H and O–H groups in total. The minimum Gasteiger partial charge on any atom is -0.507 e. The van der Waals surface area contributed by atoms with Crippen LogP contribution in [0.2, 0.25) is 0 Å². The molecule has 398 valence electrons. The molecule has 3 heterocycles. The van der Waals surface area contributed by atoms with Gasteiger partial charge in [-0.15, -0.1) is 6.07 Å². The zero-order valence-electron chi connectivity index (χ0n) is 48.2. The van der Waals surface area contributed by atoms with Gasteiger partial charge in [-0.25, -0.2) is 4.98 Å². The molecule has 1 aliphatic carbocycles. The fourth-order valence-corrected chi connectivity index (χ4v) is 11.8. The van der Waals surface area contributed by atoms with Gasteiger partial charge >= 0.3 is 0 Å². The van der Waals surface area contributed by atoms with Crippen molar-refractivity contribution in [2.45, 2.75) is 143 Å². The Hall–Kier alpha value is -7.06. The van der Waals surface area contributed by atoms with Gasteiger partial charge in [0.25, 0.3) is 0 Å². The Labute approximate surface area is 475 Å². The van der Waals surface area contributed by atoms with E-state index in [2.05, 4.69) is 237 Å². The number of nitrogens with zero attached hydrogens (tertiary/aromatic N) is 4. The molecule has 0 saturated carbocycles. The monoisotopic (exact) mass is 1210 g/mol. The maximum atomic E-state index is 12.8. The topological polar surface area (TPSA) is 87.9 Å². The molecule has 0 radical (unpaired) electrons. The second kappa shape index (κ2) is 18.5. The molecule has 0 unspecified atom stereocenters. The minimum atomic E-state index is -0.482. The number of para-hydroxylation sites is 1. The molecule has 10 aromatic rings. The van der Waals surface area contributed by atoms with Gasteiger partial charge in [0.2, 0.25) is 0 Å². The Morgan fingerprint density at radius 2 is 1.22 bits per heavy atom. The molecule has 3 aromatic heterocycles. The maximum Gasteiger partial charge on any atom is 0.148 e. The molecule has 1 aliphatic rings. The van der Waals surface area contributed by atoms with Gasteiger partial charge in [-0.1, -0.05) is 218 Å². The van der Waals surface area contributed by atoms with Crippen molar-refractivity contribution in [1.29, 1.82) is 5.26 Å². The second-order valence-corrected chi connectivity index (χ2v) is 26.8. The fourth-order valence-electron chi connectivity index (χ4n) is 11.8. The summed E-state index contributed by atoms with van der Waals surface area (Å²) in [6.45, 7) is 36.0. The summed E-state index contributed by atoms with van der Waals surface area (Å²) in [6.07, 6.45) is 1.95. The molecule has 7 heteroatoms. The van der Waals surface area contributed by atoms with Crippen molar-refractivity contribution in [3.05, 3.63) is 179 Å². The van der Waals surface area contributed by atoms with Gasteiger partial charge in [-0.05, 0) is 119 Å². The number of phenolic OH excluding ortho intramolecular Hbond substituents is 1. The number of pyridine rings is 1. The number of hydrogen-bond donors (Lipinski definition) is 1. The van der Waals surface area contributed by atoms with Gasteiger partial charge in [0.05, 0.1) is 39.5 Å². The maximum absolute atomic E-state index is 12.8. The molecule has 6 nitrogen and oxygen atoms in total. The van der Waals surface area contributed by atoms with E-state index in [1.165, 1.54) is 16.7 Å². The first-order valence-electron chi connectivity index (χ1n) is 27.2. The first-order valence-corrected chi connectivity index (χ1v) is 27.2. The van der Waals surface area contributed by atoms with E-state index in [9.17, 15) is 10.4 Å². The Bertz CT molecular complexity index is 4080. The number of benzene rings is 7. The number of phenols is 1. The molecule has 0 fully saturated rings. The van der Waals surface area contributed by atoms with Crippen molar-refractivity contribution in [3.63, 3.8) is 0 Å². The van der Waals surface area contributed by atoms with Crippen LogP contribution in [0, 0.1) is 17.4 Å². The van der Waals surface area contributed by atoms with E-state index in [-0.39, 0.29) is 48.5 Å². The summed E-state index contributed by atoms with van der Waals surface area (Å²) in [5.74, 6) is 0.831. The predicted molar refractivity (Wildman–Crippen MR) is 319 cm³/mol. The fraction of sp³-hybridized carbons (Fsp3) is 0.310. The molecule has 0 spiro atoms. The smallest absolute Gasteiger partial charge is 0.148 e. The number of imidazole rings is 1. The van der Waals surface area contributed by atoms with Crippen molar-refractivity contribution in [1.82, 2.24) is 14.5 Å². The van der Waals surface area contributed by atoms with Crippen LogP contribution in [-0.2, 0) is 53.6 Å². The van der Waals surface area contributed by atoms with Gasteiger partial charge < -0.3 is 9.52 Å². The summed E-state index contributed by atoms with van der Waals surface area (Å²) >= 11 is 0. The molecule has 0 amide bonds. The summed E-state index contributed by atoms with van der Waals surface area (Å²) in [7, 11) is 0. The van der Waals surface area contributed by atoms with Gasteiger partial charge in [0.1, 0.15) is 17.2 Å². The van der Waals surface area contributed by atoms with E-state index in [0.29, 0.717) is 28.1 Å². The molecule has 0 atom stereocenters. The average Bonchev–Trinajstić information content (AvgIpc) is 4.12. The van der Waals surface area contributed by atoms with Crippen molar-refractivity contribution in [3.8, 4) is 73.5 Å². The molecular formula is C71H71N4O2Pt-. The minimum absolute atomic E-state index is 0. The van der Waals surface area contributed by atoms with Gasteiger partial charge in [-0.3, -0.25) is 9.55 Å². The van der Waals surface area contributed by atoms with Crippen molar-refractivity contribution >= 4 is 33.0 Å². The van der Waals surface area contributed by atoms with E-state index in [0.717, 1.165) is 88.8 Å². The van der Waals surface area contributed by atoms with E-state index in [4.69, 9.17) is 14.4 Å². The molecule has 11 rings (SSSR count). The van der Waals surface area contributed by atoms with E-state index in [1.807, 2.05) is 24.4 Å². The Morgan fingerprint density at radius 3 is 1.86 bits per heavy atom. The van der Waals surface area contributed by atoms with E-state index >= 15 is 0 Å². The number of rotatable bonds is 5. The quantitative estimate of drug-likeness (QED) is 0.174. The van der Waals surface area contributed by atoms with Crippen LogP contribution in [0.25, 0.3) is 94.7 Å². The summed E-state index contributed by atoms with van der Waals surface area (Å²) < 4.78 is 9.41. The number of furan rings is 1. The number of hydrogen-bond acceptors (Lipinski definition) is 5. The third-order valence-electron chi connectivity index (χ3n) is 17.0. The number of aromatic hydroxyl groups is 1. The van der Waals surface area contributed by atoms with Crippen LogP contribution >= 0.6 is 0 Å². The zero-order valence-corrected chi connectivity index (χ0v) is 50.4. The van der Waals surface area contributed by atoms with E-state index in [1.54, 1.807) is 0 Å². The summed E-state index contributed by atoms with van der Waals surface area (Å²) in [5.41, 5.74) is 17.9. The molecule has 0 aliphatic heterocycles. The Morgan fingerprint density at radius 1 is 0.590 bits per heavy atom. The second-order valence-electron chi connectivity index (χ2n) is 26.8. The normalized spacial score (nSPS) is 14.3. The van der Waals surface area contributed by atoms with Crippen LogP contribution in [0.5, 0.6) is 5.75 Å². The predicted octanol–water partition coefficient (Wildman–Crippen LogP) is 18.8. The molecule has 7 aromatic carbocycles. The molecule has 0 saturated heterocycles. The van der Waals surface area contributed by atoms with Gasteiger partial charge in [0.15, 0.2) is 0 Å². The average molecular weight is 1210 g/mol. The molecule has 0 bridgehead atoms. The Kier molecular flexibility index (Phi) is 12.9. The van der Waals surface area contributed by atoms with Crippen LogP contribution < -0.4 is 0 Å². The SMILES string of the molecule is CC(C)(C)c1ccc(-c2ccnc3c2C(C)(C)C(C)(C)c2c-3[c-]c(-c3cccc4c3nc(-c3cc(C(C)(C)C)cc(C(C)(C)C)c3O)n4-c3ccc(C(C)(C)C)cc3-c3ccccc3)c3oc4cc(C#N)ccc4c23)cc1.[Pt]. The van der Waals surface area contributed by atoms with Gasteiger partial charge in [-0.2, -0.15) is 5.26 Å². The number of fused-ring (bicyclic) bond motifs is 8. The van der Waals surface area contributed by atoms with Crippen LogP contribution in [-0.4, -0.2) is 19.6 Å². The van der Waals surface area contributed by atoms with Gasteiger partial charge in [0, 0.05) is 49.5 Å². The van der Waals surface area contributed by atoms with Crippen molar-refractivity contribution in [2.24, 2.45) is 0 Å². The van der Waals surface area contributed by atoms with Crippen molar-refractivity contribution in [2.75, 3.05) is 0 Å². The largest absolute Gasteiger partial charge is 0.507 e. The van der Waals surface area contributed by atoms with Crippen LogP contribution in [0.3, 0.4) is 0 Å². The molecular weight excluding hydrogens is 1140 g/mol. The first-order chi connectivity index (χ1) is 36.1. The van der Waals surface area contributed by atoms with E-state index < -0.39 is 10.8 Å².